The second-order valence-electron chi connectivity index (χ2n) is 5.26. The number of aromatic nitrogens is 4. The number of hydrogen-bond acceptors (Lipinski definition) is 5. The van der Waals surface area contributed by atoms with Crippen molar-refractivity contribution in [1.82, 2.24) is 19.6 Å². The summed E-state index contributed by atoms with van der Waals surface area (Å²) < 4.78 is 8.80. The summed E-state index contributed by atoms with van der Waals surface area (Å²) in [5.74, 6) is 0.853. The molecule has 0 aromatic carbocycles. The van der Waals surface area contributed by atoms with Gasteiger partial charge in [0.15, 0.2) is 0 Å². The van der Waals surface area contributed by atoms with E-state index >= 15 is 0 Å². The van der Waals surface area contributed by atoms with Gasteiger partial charge < -0.3 is 15.2 Å². The number of hydrogen-bond donors (Lipinski definition) is 2. The van der Waals surface area contributed by atoms with E-state index in [0.717, 1.165) is 42.3 Å². The van der Waals surface area contributed by atoms with Gasteiger partial charge in [0.1, 0.15) is 5.82 Å². The summed E-state index contributed by atoms with van der Waals surface area (Å²) in [5.41, 5.74) is 3.22. The van der Waals surface area contributed by atoms with Crippen LogP contribution in [0.4, 0.5) is 5.82 Å². The number of rotatable bonds is 9. The van der Waals surface area contributed by atoms with Gasteiger partial charge in [0, 0.05) is 50.3 Å². The van der Waals surface area contributed by atoms with Gasteiger partial charge in [-0.25, -0.2) is 0 Å². The molecule has 2 aromatic rings. The summed E-state index contributed by atoms with van der Waals surface area (Å²) in [6.45, 7) is 6.91. The highest BCUT2D eigenvalue weighted by atomic mass is 16.5. The number of aliphatic hydroxyl groups excluding tert-OH is 1. The zero-order valence-corrected chi connectivity index (χ0v) is 13.5. The van der Waals surface area contributed by atoms with Gasteiger partial charge in [-0.15, -0.1) is 0 Å². The van der Waals surface area contributed by atoms with Crippen molar-refractivity contribution in [3.8, 4) is 0 Å². The van der Waals surface area contributed by atoms with Crippen LogP contribution in [0.1, 0.15) is 23.4 Å². The van der Waals surface area contributed by atoms with Gasteiger partial charge in [-0.3, -0.25) is 9.36 Å². The Labute approximate surface area is 130 Å². The molecule has 2 heterocycles. The standard InChI is InChI=1S/C15H25N5O2/c1-12-14(13(2)20(17-12)8-9-21)11-16-15-5-7-19(18-15)6-4-10-22-3/h5,7,21H,4,6,8-11H2,1-3H3,(H,16,18). The van der Waals surface area contributed by atoms with Crippen LogP contribution >= 0.6 is 0 Å². The largest absolute Gasteiger partial charge is 0.394 e. The van der Waals surface area contributed by atoms with Gasteiger partial charge >= 0.3 is 0 Å². The van der Waals surface area contributed by atoms with E-state index in [2.05, 4.69) is 15.5 Å². The van der Waals surface area contributed by atoms with Gasteiger partial charge in [-0.2, -0.15) is 10.2 Å². The predicted octanol–water partition coefficient (Wildman–Crippen LogP) is 1.34. The Balaban J connectivity index is 1.93. The number of nitrogens with one attached hydrogen (secondary N) is 1. The highest BCUT2D eigenvalue weighted by molar-refractivity contribution is 5.36. The average molecular weight is 307 g/mol. The van der Waals surface area contributed by atoms with Crippen LogP contribution in [0.15, 0.2) is 12.3 Å². The Morgan fingerprint density at radius 3 is 2.82 bits per heavy atom. The van der Waals surface area contributed by atoms with Gasteiger partial charge in [-0.05, 0) is 20.3 Å². The van der Waals surface area contributed by atoms with Crippen LogP contribution in [0.3, 0.4) is 0 Å². The molecular weight excluding hydrogens is 282 g/mol. The van der Waals surface area contributed by atoms with E-state index in [-0.39, 0.29) is 6.61 Å². The lowest BCUT2D eigenvalue weighted by molar-refractivity contribution is 0.189. The fourth-order valence-electron chi connectivity index (χ4n) is 2.43. The highest BCUT2D eigenvalue weighted by Crippen LogP contribution is 2.15. The zero-order valence-electron chi connectivity index (χ0n) is 13.5. The van der Waals surface area contributed by atoms with Crippen molar-refractivity contribution < 1.29 is 9.84 Å². The smallest absolute Gasteiger partial charge is 0.148 e. The summed E-state index contributed by atoms with van der Waals surface area (Å²) in [6.07, 6.45) is 2.91. The normalized spacial score (nSPS) is 11.1. The molecule has 7 nitrogen and oxygen atoms in total. The van der Waals surface area contributed by atoms with Crippen LogP contribution in [0, 0.1) is 13.8 Å². The van der Waals surface area contributed by atoms with E-state index in [0.29, 0.717) is 13.1 Å². The minimum Gasteiger partial charge on any atom is -0.394 e. The molecule has 22 heavy (non-hydrogen) atoms. The Hall–Kier alpha value is -1.86. The van der Waals surface area contributed by atoms with E-state index in [1.54, 1.807) is 7.11 Å². The second kappa shape index (κ2) is 7.95. The number of methoxy groups -OCH3 is 1. The zero-order chi connectivity index (χ0) is 15.9. The molecule has 0 aliphatic heterocycles. The molecule has 0 radical (unpaired) electrons. The fourth-order valence-corrected chi connectivity index (χ4v) is 2.43. The average Bonchev–Trinajstić information content (AvgIpc) is 3.04. The fraction of sp³-hybridized carbons (Fsp3) is 0.600. The van der Waals surface area contributed by atoms with Crippen LogP contribution in [0.5, 0.6) is 0 Å². The molecule has 2 aromatic heterocycles. The van der Waals surface area contributed by atoms with Crippen LogP contribution in [0.2, 0.25) is 0 Å². The quantitative estimate of drug-likeness (QED) is 0.684. The van der Waals surface area contributed by atoms with Crippen molar-refractivity contribution in [2.24, 2.45) is 0 Å². The lowest BCUT2D eigenvalue weighted by Crippen LogP contribution is -2.07. The Bertz CT molecular complexity index is 591. The molecular formula is C15H25N5O2. The van der Waals surface area contributed by atoms with Crippen molar-refractivity contribution in [3.63, 3.8) is 0 Å². The number of aryl methyl sites for hydroxylation is 2. The lowest BCUT2D eigenvalue weighted by Gasteiger charge is -2.05. The molecule has 0 amide bonds. The minimum atomic E-state index is 0.0979. The van der Waals surface area contributed by atoms with Crippen molar-refractivity contribution in [2.45, 2.75) is 39.9 Å². The van der Waals surface area contributed by atoms with Gasteiger partial charge in [0.05, 0.1) is 18.8 Å². The Kier molecular flexibility index (Phi) is 5.97. The monoisotopic (exact) mass is 307 g/mol. The molecule has 0 unspecified atom stereocenters. The van der Waals surface area contributed by atoms with Crippen LogP contribution in [-0.4, -0.2) is 45.0 Å². The van der Waals surface area contributed by atoms with Gasteiger partial charge in [0.25, 0.3) is 0 Å². The molecule has 0 aliphatic carbocycles. The molecule has 2 N–H and O–H groups in total. The minimum absolute atomic E-state index is 0.0979. The SMILES string of the molecule is COCCCn1ccc(NCc2c(C)nn(CCO)c2C)n1. The topological polar surface area (TPSA) is 77.1 Å². The second-order valence-corrected chi connectivity index (χ2v) is 5.26. The van der Waals surface area contributed by atoms with Crippen molar-refractivity contribution >= 4 is 5.82 Å². The summed E-state index contributed by atoms with van der Waals surface area (Å²) in [4.78, 5) is 0. The Morgan fingerprint density at radius 1 is 1.27 bits per heavy atom. The number of ether oxygens (including phenoxy) is 1. The number of nitrogens with zero attached hydrogens (tertiary/aromatic N) is 4. The molecule has 0 aliphatic rings. The van der Waals surface area contributed by atoms with Crippen LogP contribution in [-0.2, 0) is 24.4 Å². The van der Waals surface area contributed by atoms with Crippen LogP contribution < -0.4 is 5.32 Å². The Morgan fingerprint density at radius 2 is 2.09 bits per heavy atom. The lowest BCUT2D eigenvalue weighted by atomic mass is 10.2. The third kappa shape index (κ3) is 4.08. The van der Waals surface area contributed by atoms with Crippen molar-refractivity contribution in [2.75, 3.05) is 25.6 Å². The molecule has 7 heteroatoms. The molecule has 0 saturated heterocycles. The first-order valence-corrected chi connectivity index (χ1v) is 7.55. The molecule has 122 valence electrons. The predicted molar refractivity (Wildman–Crippen MR) is 84.8 cm³/mol. The first-order valence-electron chi connectivity index (χ1n) is 7.55. The summed E-state index contributed by atoms with van der Waals surface area (Å²) in [5, 5.41) is 21.3. The molecule has 0 fully saturated rings. The summed E-state index contributed by atoms with van der Waals surface area (Å²) in [6, 6.07) is 1.97. The maximum atomic E-state index is 9.05. The van der Waals surface area contributed by atoms with Crippen LogP contribution in [0.25, 0.3) is 0 Å². The summed E-state index contributed by atoms with van der Waals surface area (Å²) >= 11 is 0. The molecule has 0 spiro atoms. The third-order valence-electron chi connectivity index (χ3n) is 3.67. The third-order valence-corrected chi connectivity index (χ3v) is 3.67. The van der Waals surface area contributed by atoms with E-state index < -0.39 is 0 Å². The van der Waals surface area contributed by atoms with Crippen molar-refractivity contribution in [3.05, 3.63) is 29.2 Å². The maximum absolute atomic E-state index is 9.05. The van der Waals surface area contributed by atoms with E-state index in [1.165, 1.54) is 0 Å². The van der Waals surface area contributed by atoms with E-state index in [1.807, 2.05) is 35.5 Å². The highest BCUT2D eigenvalue weighted by Gasteiger charge is 2.11. The van der Waals surface area contributed by atoms with Gasteiger partial charge in [0.2, 0.25) is 0 Å². The van der Waals surface area contributed by atoms with Crippen molar-refractivity contribution in [1.29, 1.82) is 0 Å². The summed E-state index contributed by atoms with van der Waals surface area (Å²) in [7, 11) is 1.71. The molecule has 0 atom stereocenters. The first-order chi connectivity index (χ1) is 10.7. The number of anilines is 1. The van der Waals surface area contributed by atoms with Gasteiger partial charge in [-0.1, -0.05) is 0 Å². The molecule has 2 rings (SSSR count). The molecule has 0 saturated carbocycles. The van der Waals surface area contributed by atoms with E-state index in [4.69, 9.17) is 9.84 Å². The van der Waals surface area contributed by atoms with E-state index in [9.17, 15) is 0 Å². The maximum Gasteiger partial charge on any atom is 0.148 e. The number of aliphatic hydroxyl groups is 1. The molecule has 0 bridgehead atoms. The first kappa shape index (κ1) is 16.5.